The molecule has 0 saturated heterocycles. The summed E-state index contributed by atoms with van der Waals surface area (Å²) in [7, 11) is -3.97. The molecule has 0 N–H and O–H groups in total. The van der Waals surface area contributed by atoms with Crippen LogP contribution in [0.5, 0.6) is 0 Å². The molecule has 0 aliphatic heterocycles. The van der Waals surface area contributed by atoms with Crippen LogP contribution in [-0.2, 0) is 14.8 Å². The third kappa shape index (κ3) is 5.37. The van der Waals surface area contributed by atoms with Crippen LogP contribution in [0, 0.1) is 18.8 Å². The predicted molar refractivity (Wildman–Crippen MR) is 130 cm³/mol. The number of aryl methyl sites for hydroxylation is 1. The summed E-state index contributed by atoms with van der Waals surface area (Å²) in [5, 5.41) is 0. The van der Waals surface area contributed by atoms with E-state index in [0.29, 0.717) is 22.4 Å². The first-order valence-electron chi connectivity index (χ1n) is 10.6. The molecule has 0 unspecified atom stereocenters. The van der Waals surface area contributed by atoms with Crippen LogP contribution >= 0.6 is 0 Å². The average molecular weight is 449 g/mol. The molecule has 0 radical (unpaired) electrons. The molecule has 3 rings (SSSR count). The van der Waals surface area contributed by atoms with Crippen molar-refractivity contribution in [1.82, 2.24) is 0 Å². The van der Waals surface area contributed by atoms with Crippen LogP contribution in [0.1, 0.15) is 38.8 Å². The summed E-state index contributed by atoms with van der Waals surface area (Å²) >= 11 is 0. The van der Waals surface area contributed by atoms with E-state index in [1.807, 2.05) is 40.7 Å². The first kappa shape index (κ1) is 23.5. The van der Waals surface area contributed by atoms with E-state index in [1.165, 1.54) is 12.1 Å². The Hall–Kier alpha value is -3.12. The van der Waals surface area contributed by atoms with E-state index >= 15 is 0 Å². The number of sulfonamides is 1. The van der Waals surface area contributed by atoms with Crippen molar-refractivity contribution in [2.75, 3.05) is 0 Å². The number of Topliss-reactive ketones (excluding diaryl/α,β-unsaturated/α-hetero) is 1. The lowest BCUT2D eigenvalue weighted by molar-refractivity contribution is -0.113. The van der Waals surface area contributed by atoms with Crippen molar-refractivity contribution >= 4 is 27.4 Å². The van der Waals surface area contributed by atoms with Crippen molar-refractivity contribution in [3.63, 3.8) is 0 Å². The summed E-state index contributed by atoms with van der Waals surface area (Å²) in [6.07, 6.45) is 3.46. The topological polar surface area (TPSA) is 75.9 Å². The number of ketones is 1. The largest absolute Gasteiger partial charge is 0.289 e. The Kier molecular flexibility index (Phi) is 7.04. The van der Waals surface area contributed by atoms with Crippen molar-refractivity contribution in [1.29, 1.82) is 0 Å². The highest BCUT2D eigenvalue weighted by Gasteiger charge is 2.25. The zero-order valence-corrected chi connectivity index (χ0v) is 19.8. The van der Waals surface area contributed by atoms with Gasteiger partial charge in [0.25, 0.3) is 10.0 Å². The fourth-order valence-corrected chi connectivity index (χ4v) is 4.26. The molecule has 0 amide bonds. The molecule has 0 heterocycles. The van der Waals surface area contributed by atoms with E-state index in [0.717, 1.165) is 5.56 Å². The van der Waals surface area contributed by atoms with E-state index in [1.54, 1.807) is 48.6 Å². The fraction of sp³-hybridized carbons (Fsp3) is 0.269. The minimum Gasteiger partial charge on any atom is -0.289 e. The molecule has 2 aromatic rings. The van der Waals surface area contributed by atoms with Crippen LogP contribution in [0.3, 0.4) is 0 Å². The molecule has 1 aliphatic rings. The Balaban J connectivity index is 2.19. The molecule has 0 fully saturated rings. The highest BCUT2D eigenvalue weighted by molar-refractivity contribution is 7.90. The summed E-state index contributed by atoms with van der Waals surface area (Å²) in [6, 6.07) is 15.5. The van der Waals surface area contributed by atoms with Gasteiger partial charge in [-0.3, -0.25) is 4.79 Å². The first-order valence-corrected chi connectivity index (χ1v) is 12.1. The van der Waals surface area contributed by atoms with Gasteiger partial charge in [-0.1, -0.05) is 75.7 Å². The van der Waals surface area contributed by atoms with Crippen molar-refractivity contribution in [2.45, 2.75) is 39.5 Å². The van der Waals surface area contributed by atoms with Crippen LogP contribution in [0.25, 0.3) is 0 Å². The molecule has 32 heavy (non-hydrogen) atoms. The molecular weight excluding hydrogens is 420 g/mol. The summed E-state index contributed by atoms with van der Waals surface area (Å²) in [5.41, 5.74) is 3.36. The number of rotatable bonds is 5. The molecule has 6 heteroatoms. The number of allylic oxidation sites excluding steroid dienone is 4. The third-order valence-corrected chi connectivity index (χ3v) is 6.45. The standard InChI is InChI=1S/C26H28N2O3S/c1-17(2)23-15-21(16-24(18(3)4)25(23)29)27-26(20-9-7-6-8-10-20)28-32(30,31)22-13-11-19(5)12-14-22/h6-18H,1-5H3/b28-26-. The van der Waals surface area contributed by atoms with Crippen LogP contribution in [0.15, 0.2) is 92.2 Å². The van der Waals surface area contributed by atoms with Gasteiger partial charge in [-0.25, -0.2) is 4.99 Å². The Morgan fingerprint density at radius 1 is 0.812 bits per heavy atom. The third-order valence-electron chi connectivity index (χ3n) is 5.17. The van der Waals surface area contributed by atoms with Gasteiger partial charge >= 0.3 is 0 Å². The number of nitrogens with zero attached hydrogens (tertiary/aromatic N) is 2. The van der Waals surface area contributed by atoms with Gasteiger partial charge in [0.1, 0.15) is 0 Å². The van der Waals surface area contributed by atoms with Crippen molar-refractivity contribution < 1.29 is 13.2 Å². The molecular formula is C26H28N2O3S. The van der Waals surface area contributed by atoms with E-state index in [2.05, 4.69) is 9.39 Å². The number of carbonyl (C=O) groups excluding carboxylic acids is 1. The Morgan fingerprint density at radius 3 is 1.84 bits per heavy atom. The van der Waals surface area contributed by atoms with Crippen LogP contribution in [0.4, 0.5) is 0 Å². The fourth-order valence-electron chi connectivity index (χ4n) is 3.30. The average Bonchev–Trinajstić information content (AvgIpc) is 2.74. The number of aliphatic imine (C=N–C) groups is 1. The molecule has 0 spiro atoms. The van der Waals surface area contributed by atoms with Gasteiger partial charge in [0.15, 0.2) is 11.6 Å². The monoisotopic (exact) mass is 448 g/mol. The number of amidine groups is 1. The lowest BCUT2D eigenvalue weighted by atomic mass is 9.84. The number of hydrogen-bond acceptors (Lipinski definition) is 3. The second-order valence-corrected chi connectivity index (χ2v) is 10.0. The quantitative estimate of drug-likeness (QED) is 0.353. The summed E-state index contributed by atoms with van der Waals surface area (Å²) in [4.78, 5) is 17.6. The maximum Gasteiger partial charge on any atom is 0.284 e. The number of hydrogen-bond donors (Lipinski definition) is 0. The minimum atomic E-state index is -3.97. The minimum absolute atomic E-state index is 0.0134. The Bertz CT molecular complexity index is 1200. The molecule has 1 aliphatic carbocycles. The Morgan fingerprint density at radius 2 is 1.34 bits per heavy atom. The SMILES string of the molecule is Cc1ccc(S(=O)(=O)/N=C(\N=C2C=C(C(C)C)C(=O)C(C(C)C)=C2)c2ccccc2)cc1. The van der Waals surface area contributed by atoms with Crippen LogP contribution in [-0.4, -0.2) is 25.7 Å². The summed E-state index contributed by atoms with van der Waals surface area (Å²) in [5.74, 6) is 0.126. The number of benzene rings is 2. The molecule has 5 nitrogen and oxygen atoms in total. The van der Waals surface area contributed by atoms with Crippen LogP contribution in [0.2, 0.25) is 0 Å². The summed E-state index contributed by atoms with van der Waals surface area (Å²) in [6.45, 7) is 9.72. The smallest absolute Gasteiger partial charge is 0.284 e. The highest BCUT2D eigenvalue weighted by atomic mass is 32.2. The molecule has 2 aromatic carbocycles. The molecule has 0 bridgehead atoms. The Labute approximate surface area is 190 Å². The van der Waals surface area contributed by atoms with E-state index < -0.39 is 10.0 Å². The van der Waals surface area contributed by atoms with Gasteiger partial charge in [0.2, 0.25) is 0 Å². The zero-order valence-electron chi connectivity index (χ0n) is 19.0. The van der Waals surface area contributed by atoms with Gasteiger partial charge in [0.05, 0.1) is 10.6 Å². The molecule has 0 saturated carbocycles. The van der Waals surface area contributed by atoms with Gasteiger partial charge in [-0.15, -0.1) is 4.40 Å². The maximum atomic E-state index is 13.0. The van der Waals surface area contributed by atoms with E-state index in [4.69, 9.17) is 0 Å². The second kappa shape index (κ2) is 9.57. The number of carbonyl (C=O) groups is 1. The van der Waals surface area contributed by atoms with Crippen LogP contribution < -0.4 is 0 Å². The van der Waals surface area contributed by atoms with Gasteiger partial charge in [-0.2, -0.15) is 8.42 Å². The second-order valence-electron chi connectivity index (χ2n) is 8.44. The first-order chi connectivity index (χ1) is 15.1. The van der Waals surface area contributed by atoms with E-state index in [-0.39, 0.29) is 28.4 Å². The van der Waals surface area contributed by atoms with Crippen molar-refractivity contribution in [3.8, 4) is 0 Å². The van der Waals surface area contributed by atoms with Gasteiger partial charge < -0.3 is 0 Å². The normalized spacial score (nSPS) is 15.2. The predicted octanol–water partition coefficient (Wildman–Crippen LogP) is 5.32. The van der Waals surface area contributed by atoms with Gasteiger partial charge in [-0.05, 0) is 43.0 Å². The molecule has 0 aromatic heterocycles. The maximum absolute atomic E-state index is 13.0. The lowest BCUT2D eigenvalue weighted by Crippen LogP contribution is -2.21. The zero-order chi connectivity index (χ0) is 23.5. The van der Waals surface area contributed by atoms with Gasteiger partial charge in [0, 0.05) is 16.7 Å². The lowest BCUT2D eigenvalue weighted by Gasteiger charge is -2.20. The van der Waals surface area contributed by atoms with Crippen molar-refractivity contribution in [3.05, 3.63) is 89.0 Å². The van der Waals surface area contributed by atoms with E-state index in [9.17, 15) is 13.2 Å². The highest BCUT2D eigenvalue weighted by Crippen LogP contribution is 2.25. The molecule has 0 atom stereocenters. The molecule has 166 valence electrons. The van der Waals surface area contributed by atoms with Crippen molar-refractivity contribution in [2.24, 2.45) is 21.2 Å². The summed E-state index contributed by atoms with van der Waals surface area (Å²) < 4.78 is 30.1.